The summed E-state index contributed by atoms with van der Waals surface area (Å²) in [6.45, 7) is 6.71. The fourth-order valence-corrected chi connectivity index (χ4v) is 3.99. The molecule has 1 aliphatic heterocycles. The van der Waals surface area contributed by atoms with Crippen LogP contribution in [0.5, 0.6) is 0 Å². The minimum Gasteiger partial charge on any atom is -0.381 e. The highest BCUT2D eigenvalue weighted by molar-refractivity contribution is 7.98. The van der Waals surface area contributed by atoms with Gasteiger partial charge in [-0.2, -0.15) is 4.68 Å². The molecule has 1 fully saturated rings. The number of benzene rings is 1. The van der Waals surface area contributed by atoms with Gasteiger partial charge in [-0.3, -0.25) is 0 Å². The first-order valence-corrected chi connectivity index (χ1v) is 11.0. The molecule has 148 valence electrons. The van der Waals surface area contributed by atoms with Gasteiger partial charge in [-0.1, -0.05) is 6.07 Å². The van der Waals surface area contributed by atoms with Gasteiger partial charge in [0.1, 0.15) is 6.61 Å². The molecule has 0 bridgehead atoms. The minimum absolute atomic E-state index is 0.333. The maximum absolute atomic E-state index is 5.66. The highest BCUT2D eigenvalue weighted by Gasteiger charge is 2.23. The zero-order valence-corrected chi connectivity index (χ0v) is 17.5. The topological polar surface area (TPSA) is 62.1 Å². The second-order valence-electron chi connectivity index (χ2n) is 7.00. The highest BCUT2D eigenvalue weighted by Crippen LogP contribution is 2.27. The van der Waals surface area contributed by atoms with E-state index in [1.807, 2.05) is 11.6 Å². The number of hydrogen-bond acceptors (Lipinski definition) is 6. The van der Waals surface area contributed by atoms with E-state index in [2.05, 4.69) is 37.4 Å². The summed E-state index contributed by atoms with van der Waals surface area (Å²) in [6, 6.07) is 8.50. The zero-order chi connectivity index (χ0) is 19.5. The second-order valence-corrected chi connectivity index (χ2v) is 7.88. The van der Waals surface area contributed by atoms with Crippen LogP contribution in [-0.4, -0.2) is 45.8 Å². The quantitative estimate of drug-likeness (QED) is 0.578. The molecule has 0 saturated carbocycles. The molecule has 2 aromatic heterocycles. The minimum atomic E-state index is 0.333. The Hall–Kier alpha value is -1.96. The maximum atomic E-state index is 5.66. The molecular formula is C21H26N4O2S. The predicted molar refractivity (Wildman–Crippen MR) is 111 cm³/mol. The molecular weight excluding hydrogens is 372 g/mol. The number of hydrogen-bond donors (Lipinski definition) is 0. The Bertz CT molecular complexity index is 966. The van der Waals surface area contributed by atoms with Gasteiger partial charge in [-0.25, -0.2) is 9.97 Å². The van der Waals surface area contributed by atoms with E-state index in [1.165, 1.54) is 10.5 Å². The van der Waals surface area contributed by atoms with Crippen molar-refractivity contribution >= 4 is 22.7 Å². The summed E-state index contributed by atoms with van der Waals surface area (Å²) in [5, 5.41) is 6.01. The lowest BCUT2D eigenvalue weighted by Gasteiger charge is -2.18. The van der Waals surface area contributed by atoms with Crippen LogP contribution in [0.15, 0.2) is 29.2 Å². The molecule has 0 radical (unpaired) electrons. The van der Waals surface area contributed by atoms with Crippen molar-refractivity contribution in [2.75, 3.05) is 26.1 Å². The van der Waals surface area contributed by atoms with E-state index >= 15 is 0 Å². The van der Waals surface area contributed by atoms with Crippen LogP contribution in [0.1, 0.15) is 42.9 Å². The Kier molecular flexibility index (Phi) is 5.94. The van der Waals surface area contributed by atoms with Crippen LogP contribution in [0, 0.1) is 6.92 Å². The van der Waals surface area contributed by atoms with E-state index in [-0.39, 0.29) is 0 Å². The number of aryl methyl sites for hydroxylation is 1. The van der Waals surface area contributed by atoms with Gasteiger partial charge in [0.25, 0.3) is 0 Å². The lowest BCUT2D eigenvalue weighted by molar-refractivity contribution is 0.0835. The van der Waals surface area contributed by atoms with Crippen LogP contribution >= 0.6 is 11.8 Å². The van der Waals surface area contributed by atoms with Crippen molar-refractivity contribution in [1.82, 2.24) is 19.7 Å². The first kappa shape index (κ1) is 19.4. The van der Waals surface area contributed by atoms with Crippen LogP contribution < -0.4 is 0 Å². The van der Waals surface area contributed by atoms with Gasteiger partial charge < -0.3 is 9.47 Å². The Balaban J connectivity index is 1.78. The van der Waals surface area contributed by atoms with Crippen LogP contribution in [0.25, 0.3) is 16.7 Å². The number of ether oxygens (including phenoxy) is 2. The normalized spacial score (nSPS) is 15.4. The lowest BCUT2D eigenvalue weighted by atomic mass is 10.00. The van der Waals surface area contributed by atoms with Gasteiger partial charge in [-0.05, 0) is 56.7 Å². The maximum Gasteiger partial charge on any atom is 0.160 e. The Morgan fingerprint density at radius 3 is 2.79 bits per heavy atom. The largest absolute Gasteiger partial charge is 0.381 e. The third-order valence-corrected chi connectivity index (χ3v) is 5.86. The van der Waals surface area contributed by atoms with Gasteiger partial charge in [0.2, 0.25) is 0 Å². The van der Waals surface area contributed by atoms with E-state index in [4.69, 9.17) is 24.5 Å². The van der Waals surface area contributed by atoms with Crippen LogP contribution in [0.2, 0.25) is 0 Å². The Morgan fingerprint density at radius 2 is 2.04 bits per heavy atom. The number of aromatic nitrogens is 4. The second kappa shape index (κ2) is 8.59. The highest BCUT2D eigenvalue weighted by atomic mass is 32.2. The summed E-state index contributed by atoms with van der Waals surface area (Å²) in [4.78, 5) is 10.9. The summed E-state index contributed by atoms with van der Waals surface area (Å²) < 4.78 is 13.0. The molecule has 1 aromatic carbocycles. The summed E-state index contributed by atoms with van der Waals surface area (Å²) in [6.07, 6.45) is 3.99. The molecule has 3 heterocycles. The van der Waals surface area contributed by atoms with Crippen molar-refractivity contribution in [3.63, 3.8) is 0 Å². The van der Waals surface area contributed by atoms with Crippen LogP contribution in [-0.2, 0) is 16.1 Å². The number of thioether (sulfide) groups is 1. The molecule has 0 aliphatic carbocycles. The molecule has 1 aliphatic rings. The summed E-state index contributed by atoms with van der Waals surface area (Å²) >= 11 is 1.72. The fraction of sp³-hybridized carbons (Fsp3) is 0.476. The van der Waals surface area contributed by atoms with E-state index in [1.54, 1.807) is 11.8 Å². The first-order chi connectivity index (χ1) is 13.7. The molecule has 28 heavy (non-hydrogen) atoms. The van der Waals surface area contributed by atoms with Crippen molar-refractivity contribution in [3.8, 4) is 5.82 Å². The third-order valence-electron chi connectivity index (χ3n) is 5.14. The molecule has 6 nitrogen and oxygen atoms in total. The molecule has 0 spiro atoms. The Morgan fingerprint density at radius 1 is 1.21 bits per heavy atom. The third kappa shape index (κ3) is 3.92. The molecule has 0 N–H and O–H groups in total. The van der Waals surface area contributed by atoms with Crippen molar-refractivity contribution in [1.29, 1.82) is 0 Å². The predicted octanol–water partition coefficient (Wildman–Crippen LogP) is 4.28. The first-order valence-electron chi connectivity index (χ1n) is 9.76. The average molecular weight is 399 g/mol. The summed E-state index contributed by atoms with van der Waals surface area (Å²) in [5.41, 5.74) is 2.16. The zero-order valence-electron chi connectivity index (χ0n) is 16.6. The number of rotatable bonds is 6. The number of fused-ring (bicyclic) bond motifs is 1. The van der Waals surface area contributed by atoms with E-state index < -0.39 is 0 Å². The lowest BCUT2D eigenvalue weighted by Crippen LogP contribution is -2.15. The monoisotopic (exact) mass is 398 g/mol. The van der Waals surface area contributed by atoms with Crippen molar-refractivity contribution in [2.45, 2.75) is 44.1 Å². The molecule has 0 unspecified atom stereocenters. The molecule has 0 atom stereocenters. The molecule has 4 rings (SSSR count). The van der Waals surface area contributed by atoms with Gasteiger partial charge in [0, 0.05) is 36.0 Å². The molecule has 7 heteroatoms. The van der Waals surface area contributed by atoms with E-state index in [0.29, 0.717) is 19.1 Å². The van der Waals surface area contributed by atoms with Gasteiger partial charge in [0.15, 0.2) is 17.5 Å². The summed E-state index contributed by atoms with van der Waals surface area (Å²) in [5.74, 6) is 2.80. The van der Waals surface area contributed by atoms with Gasteiger partial charge in [0.05, 0.1) is 5.52 Å². The number of nitrogens with zero attached hydrogens (tertiary/aromatic N) is 4. The molecule has 1 saturated heterocycles. The van der Waals surface area contributed by atoms with Crippen LogP contribution in [0.4, 0.5) is 0 Å². The van der Waals surface area contributed by atoms with Crippen molar-refractivity contribution in [3.05, 3.63) is 41.5 Å². The van der Waals surface area contributed by atoms with Crippen molar-refractivity contribution < 1.29 is 9.47 Å². The van der Waals surface area contributed by atoms with E-state index in [9.17, 15) is 0 Å². The van der Waals surface area contributed by atoms with Crippen molar-refractivity contribution in [2.24, 2.45) is 0 Å². The van der Waals surface area contributed by atoms with Crippen LogP contribution in [0.3, 0.4) is 0 Å². The fourth-order valence-electron chi connectivity index (χ4n) is 3.56. The molecule has 0 amide bonds. The molecule has 3 aromatic rings. The van der Waals surface area contributed by atoms with E-state index in [0.717, 1.165) is 54.4 Å². The SMILES string of the molecule is CCOCc1nc(C2CCOCC2)nn1-c1cc(C)c2ccc(SC)cc2n1. The Labute approximate surface area is 169 Å². The average Bonchev–Trinajstić information content (AvgIpc) is 3.16. The number of pyridine rings is 1. The standard InChI is InChI=1S/C21H26N4O2S/c1-4-26-13-20-23-21(15-7-9-27-10-8-15)24-25(20)19-11-14(2)17-6-5-16(28-3)12-18(17)22-19/h5-6,11-12,15H,4,7-10,13H2,1-3H3. The smallest absolute Gasteiger partial charge is 0.160 e. The summed E-state index contributed by atoms with van der Waals surface area (Å²) in [7, 11) is 0. The van der Waals surface area contributed by atoms with Gasteiger partial charge in [-0.15, -0.1) is 16.9 Å². The van der Waals surface area contributed by atoms with Gasteiger partial charge >= 0.3 is 0 Å².